The molecule has 0 radical (unpaired) electrons. The number of benzene rings is 1. The summed E-state index contributed by atoms with van der Waals surface area (Å²) in [5.41, 5.74) is 0.863. The Morgan fingerprint density at radius 3 is 2.41 bits per heavy atom. The molecule has 1 atom stereocenters. The van der Waals surface area contributed by atoms with E-state index in [1.807, 2.05) is 36.1 Å². The molecule has 96 valence electrons. The van der Waals surface area contributed by atoms with E-state index in [0.29, 0.717) is 13.1 Å². The maximum absolute atomic E-state index is 10.0. The number of hydrogen-bond donors (Lipinski definition) is 2. The average Bonchev–Trinajstić information content (AvgIpc) is 2.38. The molecule has 1 unspecified atom stereocenters. The fourth-order valence-corrected chi connectivity index (χ4v) is 1.70. The fourth-order valence-electron chi connectivity index (χ4n) is 1.70. The number of aliphatic hydroxyl groups excluding tert-OH is 2. The Morgan fingerprint density at radius 1 is 1.29 bits per heavy atom. The van der Waals surface area contributed by atoms with Crippen LogP contribution in [0.1, 0.15) is 18.6 Å². The van der Waals surface area contributed by atoms with Gasteiger partial charge in [-0.05, 0) is 24.2 Å². The van der Waals surface area contributed by atoms with Crippen LogP contribution in [0, 0.1) is 0 Å². The summed E-state index contributed by atoms with van der Waals surface area (Å²) in [6.07, 6.45) is -0.535. The van der Waals surface area contributed by atoms with Gasteiger partial charge in [-0.3, -0.25) is 4.90 Å². The molecule has 1 aromatic carbocycles. The van der Waals surface area contributed by atoms with E-state index in [1.165, 1.54) is 0 Å². The first-order valence-electron chi connectivity index (χ1n) is 5.86. The molecule has 0 aliphatic carbocycles. The van der Waals surface area contributed by atoms with Gasteiger partial charge in [0, 0.05) is 13.1 Å². The molecular weight excluding hydrogens is 218 g/mol. The number of methoxy groups -OCH3 is 1. The van der Waals surface area contributed by atoms with Gasteiger partial charge in [-0.1, -0.05) is 19.1 Å². The standard InChI is InChI=1S/C13H21NO3/c1-3-14(8-9-15)10-13(16)11-4-6-12(17-2)7-5-11/h4-7,13,15-16H,3,8-10H2,1-2H3. The number of nitrogens with zero attached hydrogens (tertiary/aromatic N) is 1. The molecule has 1 rings (SSSR count). The lowest BCUT2D eigenvalue weighted by Crippen LogP contribution is -2.31. The zero-order chi connectivity index (χ0) is 12.7. The Kier molecular flexibility index (Phi) is 5.97. The number of rotatable bonds is 7. The van der Waals surface area contributed by atoms with Gasteiger partial charge in [0.15, 0.2) is 0 Å². The summed E-state index contributed by atoms with van der Waals surface area (Å²) < 4.78 is 5.06. The summed E-state index contributed by atoms with van der Waals surface area (Å²) in [5, 5.41) is 18.9. The molecule has 0 amide bonds. The zero-order valence-electron chi connectivity index (χ0n) is 10.5. The van der Waals surface area contributed by atoms with Gasteiger partial charge in [-0.15, -0.1) is 0 Å². The van der Waals surface area contributed by atoms with E-state index >= 15 is 0 Å². The third-order valence-electron chi connectivity index (χ3n) is 2.80. The van der Waals surface area contributed by atoms with Crippen LogP contribution in [-0.4, -0.2) is 48.5 Å². The Bertz CT molecular complexity index is 313. The molecule has 0 saturated carbocycles. The van der Waals surface area contributed by atoms with E-state index < -0.39 is 6.10 Å². The second kappa shape index (κ2) is 7.27. The molecule has 0 aliphatic rings. The molecule has 0 aliphatic heterocycles. The largest absolute Gasteiger partial charge is 0.497 e. The molecule has 0 bridgehead atoms. The van der Waals surface area contributed by atoms with E-state index in [9.17, 15) is 5.11 Å². The van der Waals surface area contributed by atoms with E-state index in [0.717, 1.165) is 17.9 Å². The van der Waals surface area contributed by atoms with Gasteiger partial charge in [0.25, 0.3) is 0 Å². The van der Waals surface area contributed by atoms with Crippen LogP contribution in [0.25, 0.3) is 0 Å². The Labute approximate surface area is 102 Å². The van der Waals surface area contributed by atoms with Crippen molar-refractivity contribution >= 4 is 0 Å². The van der Waals surface area contributed by atoms with Gasteiger partial charge in [-0.2, -0.15) is 0 Å². The molecule has 4 heteroatoms. The predicted molar refractivity (Wildman–Crippen MR) is 67.2 cm³/mol. The molecule has 17 heavy (non-hydrogen) atoms. The molecule has 0 fully saturated rings. The van der Waals surface area contributed by atoms with Crippen molar-refractivity contribution in [1.82, 2.24) is 4.90 Å². The first-order chi connectivity index (χ1) is 8.21. The van der Waals surface area contributed by atoms with Crippen LogP contribution < -0.4 is 4.74 Å². The minimum absolute atomic E-state index is 0.114. The lowest BCUT2D eigenvalue weighted by molar-refractivity contribution is 0.103. The van der Waals surface area contributed by atoms with Crippen molar-refractivity contribution in [2.45, 2.75) is 13.0 Å². The molecule has 4 nitrogen and oxygen atoms in total. The lowest BCUT2D eigenvalue weighted by Gasteiger charge is -2.22. The quantitative estimate of drug-likeness (QED) is 0.746. The van der Waals surface area contributed by atoms with Gasteiger partial charge in [0.2, 0.25) is 0 Å². The highest BCUT2D eigenvalue weighted by atomic mass is 16.5. The average molecular weight is 239 g/mol. The van der Waals surface area contributed by atoms with Crippen LogP contribution in [0.5, 0.6) is 5.75 Å². The normalized spacial score (nSPS) is 12.8. The Balaban J connectivity index is 2.58. The fraction of sp³-hybridized carbons (Fsp3) is 0.538. The number of aliphatic hydroxyl groups is 2. The molecule has 0 aromatic heterocycles. The highest BCUT2D eigenvalue weighted by molar-refractivity contribution is 5.28. The van der Waals surface area contributed by atoms with E-state index in [2.05, 4.69) is 0 Å². The van der Waals surface area contributed by atoms with Crippen molar-refractivity contribution < 1.29 is 14.9 Å². The van der Waals surface area contributed by atoms with Crippen molar-refractivity contribution in [1.29, 1.82) is 0 Å². The van der Waals surface area contributed by atoms with E-state index in [1.54, 1.807) is 7.11 Å². The summed E-state index contributed by atoms with van der Waals surface area (Å²) in [6.45, 7) is 4.06. The first kappa shape index (κ1) is 14.0. The smallest absolute Gasteiger partial charge is 0.118 e. The van der Waals surface area contributed by atoms with Crippen LogP contribution in [0.4, 0.5) is 0 Å². The molecular formula is C13H21NO3. The van der Waals surface area contributed by atoms with Gasteiger partial charge < -0.3 is 14.9 Å². The van der Waals surface area contributed by atoms with Crippen LogP contribution in [-0.2, 0) is 0 Å². The first-order valence-corrected chi connectivity index (χ1v) is 5.86. The summed E-state index contributed by atoms with van der Waals surface area (Å²) in [6, 6.07) is 7.38. The minimum Gasteiger partial charge on any atom is -0.497 e. The molecule has 1 aromatic rings. The third kappa shape index (κ3) is 4.34. The highest BCUT2D eigenvalue weighted by Gasteiger charge is 2.11. The number of hydrogen-bond acceptors (Lipinski definition) is 4. The Hall–Kier alpha value is -1.10. The summed E-state index contributed by atoms with van der Waals surface area (Å²) in [4.78, 5) is 2.01. The third-order valence-corrected chi connectivity index (χ3v) is 2.80. The highest BCUT2D eigenvalue weighted by Crippen LogP contribution is 2.18. The molecule has 0 saturated heterocycles. The topological polar surface area (TPSA) is 52.9 Å². The summed E-state index contributed by atoms with van der Waals surface area (Å²) in [5.74, 6) is 0.781. The Morgan fingerprint density at radius 2 is 1.94 bits per heavy atom. The summed E-state index contributed by atoms with van der Waals surface area (Å²) >= 11 is 0. The molecule has 0 spiro atoms. The van der Waals surface area contributed by atoms with Crippen molar-refractivity contribution in [2.24, 2.45) is 0 Å². The zero-order valence-corrected chi connectivity index (χ0v) is 10.5. The van der Waals surface area contributed by atoms with Gasteiger partial charge in [-0.25, -0.2) is 0 Å². The van der Waals surface area contributed by atoms with E-state index in [-0.39, 0.29) is 6.61 Å². The van der Waals surface area contributed by atoms with Crippen molar-refractivity contribution in [3.63, 3.8) is 0 Å². The van der Waals surface area contributed by atoms with Crippen molar-refractivity contribution in [3.05, 3.63) is 29.8 Å². The van der Waals surface area contributed by atoms with E-state index in [4.69, 9.17) is 9.84 Å². The van der Waals surface area contributed by atoms with Crippen LogP contribution in [0.3, 0.4) is 0 Å². The maximum atomic E-state index is 10.0. The number of ether oxygens (including phenoxy) is 1. The van der Waals surface area contributed by atoms with Gasteiger partial charge >= 0.3 is 0 Å². The van der Waals surface area contributed by atoms with Crippen LogP contribution >= 0.6 is 0 Å². The number of likely N-dealkylation sites (N-methyl/N-ethyl adjacent to an activating group) is 1. The lowest BCUT2D eigenvalue weighted by atomic mass is 10.1. The van der Waals surface area contributed by atoms with Gasteiger partial charge in [0.1, 0.15) is 5.75 Å². The van der Waals surface area contributed by atoms with Crippen molar-refractivity contribution in [3.8, 4) is 5.75 Å². The second-order valence-corrected chi connectivity index (χ2v) is 3.91. The van der Waals surface area contributed by atoms with Crippen LogP contribution in [0.2, 0.25) is 0 Å². The minimum atomic E-state index is -0.535. The monoisotopic (exact) mass is 239 g/mol. The molecule has 2 N–H and O–H groups in total. The van der Waals surface area contributed by atoms with Crippen molar-refractivity contribution in [2.75, 3.05) is 33.4 Å². The summed E-state index contributed by atoms with van der Waals surface area (Å²) in [7, 11) is 1.62. The van der Waals surface area contributed by atoms with Crippen LogP contribution in [0.15, 0.2) is 24.3 Å². The SMILES string of the molecule is CCN(CCO)CC(O)c1ccc(OC)cc1. The van der Waals surface area contributed by atoms with Gasteiger partial charge in [0.05, 0.1) is 19.8 Å². The predicted octanol–water partition coefficient (Wildman–Crippen LogP) is 1.04. The second-order valence-electron chi connectivity index (χ2n) is 3.91. The molecule has 0 heterocycles. The maximum Gasteiger partial charge on any atom is 0.118 e.